The summed E-state index contributed by atoms with van der Waals surface area (Å²) < 4.78 is 6.98. The standard InChI is InChI=1S/C24H22N6O7S3/c1-24(2,23(35)36)37-27-16(13-7-15(25)40-28-13)19(31)26-17-20(32)30-18(22(33)34)12(10-39-21(17)30)8-29-5-3-11-4-6-38-14(11)9-29/h3-7,9,17,21H,8,10H2,1-2H3,(H4-,25,26,28,31,33,34,35,36)/p+1/b27-16-/t17?,21-/m1/s1. The average molecular weight is 604 g/mol. The van der Waals surface area contributed by atoms with Gasteiger partial charge in [0.2, 0.25) is 5.60 Å². The van der Waals surface area contributed by atoms with Crippen LogP contribution in [0.5, 0.6) is 0 Å². The molecule has 3 aromatic heterocycles. The van der Waals surface area contributed by atoms with Crippen LogP contribution in [0, 0.1) is 0 Å². The summed E-state index contributed by atoms with van der Waals surface area (Å²) in [6, 6.07) is 4.27. The van der Waals surface area contributed by atoms with Gasteiger partial charge in [-0.3, -0.25) is 14.5 Å². The first-order valence-electron chi connectivity index (χ1n) is 11.8. The van der Waals surface area contributed by atoms with E-state index in [-0.39, 0.29) is 28.6 Å². The third-order valence-corrected chi connectivity index (χ3v) is 9.06. The maximum Gasteiger partial charge on any atom is 0.352 e. The number of nitrogens with one attached hydrogen (secondary N) is 1. The second kappa shape index (κ2) is 10.5. The summed E-state index contributed by atoms with van der Waals surface area (Å²) in [6.45, 7) is 2.79. The Balaban J connectivity index is 1.36. The van der Waals surface area contributed by atoms with Gasteiger partial charge in [0.15, 0.2) is 24.7 Å². The van der Waals surface area contributed by atoms with Crippen LogP contribution in [-0.4, -0.2) is 71.7 Å². The second-order valence-corrected chi connectivity index (χ2v) is 12.3. The van der Waals surface area contributed by atoms with Crippen LogP contribution < -0.4 is 15.6 Å². The van der Waals surface area contributed by atoms with Gasteiger partial charge < -0.3 is 26.1 Å². The number of aromatic nitrogens is 2. The van der Waals surface area contributed by atoms with Gasteiger partial charge >= 0.3 is 11.9 Å². The Morgan fingerprint density at radius 2 is 2.10 bits per heavy atom. The monoisotopic (exact) mass is 603 g/mol. The van der Waals surface area contributed by atoms with Crippen molar-refractivity contribution in [1.29, 1.82) is 0 Å². The van der Waals surface area contributed by atoms with Crippen molar-refractivity contribution in [3.63, 3.8) is 0 Å². The van der Waals surface area contributed by atoms with Crippen molar-refractivity contribution in [3.8, 4) is 0 Å². The highest BCUT2D eigenvalue weighted by Crippen LogP contribution is 2.40. The van der Waals surface area contributed by atoms with Crippen molar-refractivity contribution < 1.29 is 38.8 Å². The number of aliphatic carboxylic acids is 2. The molecule has 1 fully saturated rings. The molecule has 40 heavy (non-hydrogen) atoms. The summed E-state index contributed by atoms with van der Waals surface area (Å²) in [5, 5.41) is 28.3. The number of carbonyl (C=O) groups excluding carboxylic acids is 2. The van der Waals surface area contributed by atoms with Gasteiger partial charge in [-0.2, -0.15) is 8.94 Å². The largest absolute Gasteiger partial charge is 0.478 e. The average Bonchev–Trinajstić information content (AvgIpc) is 3.55. The fourth-order valence-corrected chi connectivity index (χ4v) is 6.75. The van der Waals surface area contributed by atoms with Crippen molar-refractivity contribution in [3.05, 3.63) is 52.9 Å². The summed E-state index contributed by atoms with van der Waals surface area (Å²) in [5.41, 5.74) is 4.11. The molecule has 2 aliphatic heterocycles. The molecular weight excluding hydrogens is 581 g/mol. The van der Waals surface area contributed by atoms with Crippen molar-refractivity contribution in [2.24, 2.45) is 5.16 Å². The lowest BCUT2D eigenvalue weighted by molar-refractivity contribution is -0.687. The Morgan fingerprint density at radius 3 is 2.77 bits per heavy atom. The molecule has 13 nitrogen and oxygen atoms in total. The predicted molar refractivity (Wildman–Crippen MR) is 148 cm³/mol. The van der Waals surface area contributed by atoms with Crippen LogP contribution in [0.25, 0.3) is 10.1 Å². The van der Waals surface area contributed by atoms with Gasteiger partial charge in [-0.05, 0) is 36.8 Å². The lowest BCUT2D eigenvalue weighted by Gasteiger charge is -2.49. The number of amides is 2. The van der Waals surface area contributed by atoms with E-state index in [4.69, 9.17) is 10.6 Å². The first-order valence-corrected chi connectivity index (χ1v) is 14.5. The quantitative estimate of drug-likeness (QED) is 0.120. The molecule has 208 valence electrons. The van der Waals surface area contributed by atoms with Crippen LogP contribution in [0.3, 0.4) is 0 Å². The van der Waals surface area contributed by atoms with E-state index in [2.05, 4.69) is 14.8 Å². The molecule has 0 spiro atoms. The van der Waals surface area contributed by atoms with E-state index in [0.717, 1.165) is 21.6 Å². The van der Waals surface area contributed by atoms with E-state index < -0.39 is 40.8 Å². The molecule has 5 N–H and O–H groups in total. The van der Waals surface area contributed by atoms with Crippen LogP contribution in [-0.2, 0) is 30.6 Å². The number of carboxylic acids is 2. The number of pyridine rings is 1. The molecule has 3 aromatic rings. The van der Waals surface area contributed by atoms with E-state index in [1.807, 2.05) is 34.5 Å². The molecule has 0 bridgehead atoms. The number of oxime groups is 1. The van der Waals surface area contributed by atoms with E-state index in [0.29, 0.717) is 11.3 Å². The molecule has 0 saturated carbocycles. The van der Waals surface area contributed by atoms with Gasteiger partial charge in [0, 0.05) is 28.8 Å². The number of β-lactam (4-membered cyclic amide) rings is 1. The molecule has 2 amide bonds. The zero-order valence-corrected chi connectivity index (χ0v) is 23.5. The fourth-order valence-electron chi connectivity index (χ4n) is 4.08. The number of nitrogens with zero attached hydrogens (tertiary/aromatic N) is 4. The Hall–Kier alpha value is -4.02. The van der Waals surface area contributed by atoms with E-state index in [1.165, 1.54) is 36.6 Å². The van der Waals surface area contributed by atoms with E-state index in [9.17, 15) is 29.4 Å². The molecule has 0 aliphatic carbocycles. The molecule has 0 aromatic carbocycles. The summed E-state index contributed by atoms with van der Waals surface area (Å²) >= 11 is 3.80. The number of nitrogens with two attached hydrogens (primary N) is 1. The fraction of sp³-hybridized carbons (Fsp3) is 0.292. The van der Waals surface area contributed by atoms with Gasteiger partial charge in [-0.25, -0.2) is 9.59 Å². The summed E-state index contributed by atoms with van der Waals surface area (Å²) in [6.07, 6.45) is 3.79. The molecule has 1 unspecified atom stereocenters. The van der Waals surface area contributed by atoms with Gasteiger partial charge in [-0.15, -0.1) is 23.1 Å². The number of carboxylic acid groups (broad SMARTS) is 2. The van der Waals surface area contributed by atoms with Crippen LogP contribution in [0.2, 0.25) is 0 Å². The number of thiophene rings is 1. The highest BCUT2D eigenvalue weighted by Gasteiger charge is 2.55. The highest BCUT2D eigenvalue weighted by atomic mass is 32.2. The van der Waals surface area contributed by atoms with Crippen LogP contribution >= 0.6 is 34.6 Å². The first-order chi connectivity index (χ1) is 19.0. The Bertz CT molecular complexity index is 1610. The molecule has 2 atom stereocenters. The van der Waals surface area contributed by atoms with E-state index in [1.54, 1.807) is 11.3 Å². The minimum absolute atomic E-state index is 0.0363. The number of hydrogen-bond acceptors (Lipinski definition) is 11. The van der Waals surface area contributed by atoms with Gasteiger partial charge in [0.25, 0.3) is 11.8 Å². The molecule has 2 aliphatic rings. The summed E-state index contributed by atoms with van der Waals surface area (Å²) in [7, 11) is 0. The summed E-state index contributed by atoms with van der Waals surface area (Å²) in [4.78, 5) is 56.4. The van der Waals surface area contributed by atoms with Gasteiger partial charge in [0.1, 0.15) is 27.8 Å². The smallest absolute Gasteiger partial charge is 0.352 e. The van der Waals surface area contributed by atoms with E-state index >= 15 is 0 Å². The predicted octanol–water partition coefficient (Wildman–Crippen LogP) is 1.25. The van der Waals surface area contributed by atoms with Crippen LogP contribution in [0.1, 0.15) is 19.5 Å². The third-order valence-electron chi connectivity index (χ3n) is 6.23. The molecule has 1 saturated heterocycles. The van der Waals surface area contributed by atoms with Crippen molar-refractivity contribution in [2.75, 3.05) is 11.5 Å². The minimum atomic E-state index is -1.75. The SMILES string of the molecule is CC(C)(O/N=C(\C(=O)NC1C(=O)N2C(C(=O)O)=C(C[n+]3ccc4ccsc4c3)CS[C@H]12)c1cc(N)sn1)C(=O)O. The zero-order chi connectivity index (χ0) is 28.8. The molecule has 16 heteroatoms. The number of rotatable bonds is 9. The number of hydrogen-bond donors (Lipinski definition) is 4. The maximum atomic E-state index is 13.2. The Morgan fingerprint density at radius 1 is 1.32 bits per heavy atom. The van der Waals surface area contributed by atoms with Gasteiger partial charge in [-0.1, -0.05) is 5.16 Å². The lowest BCUT2D eigenvalue weighted by atomic mass is 10.0. The normalized spacial score (nSPS) is 19.3. The number of nitrogen functional groups attached to an aromatic ring is 1. The van der Waals surface area contributed by atoms with Crippen molar-refractivity contribution in [2.45, 2.75) is 37.4 Å². The van der Waals surface area contributed by atoms with Gasteiger partial charge in [0.05, 0.1) is 4.70 Å². The molecule has 5 heterocycles. The third kappa shape index (κ3) is 5.12. The number of carbonyl (C=O) groups is 4. The highest BCUT2D eigenvalue weighted by molar-refractivity contribution is 8.00. The molecule has 5 rings (SSSR count). The number of anilines is 1. The topological polar surface area (TPSA) is 188 Å². The number of fused-ring (bicyclic) bond motifs is 2. The maximum absolute atomic E-state index is 13.2. The molecule has 0 radical (unpaired) electrons. The number of thioether (sulfide) groups is 1. The van der Waals surface area contributed by atoms with Crippen molar-refractivity contribution >= 4 is 79.2 Å². The second-order valence-electron chi connectivity index (χ2n) is 9.44. The first kappa shape index (κ1) is 27.5. The Kier molecular flexibility index (Phi) is 7.24. The van der Waals surface area contributed by atoms with Crippen LogP contribution in [0.4, 0.5) is 5.00 Å². The molecular formula is C24H23N6O7S3+. The summed E-state index contributed by atoms with van der Waals surface area (Å²) in [5.74, 6) is -3.66. The Labute approximate surface area is 239 Å². The minimum Gasteiger partial charge on any atom is -0.478 e. The van der Waals surface area contributed by atoms with Crippen molar-refractivity contribution in [1.82, 2.24) is 14.6 Å². The lowest BCUT2D eigenvalue weighted by Crippen LogP contribution is -2.71. The van der Waals surface area contributed by atoms with Crippen LogP contribution in [0.15, 0.2) is 52.4 Å². The zero-order valence-electron chi connectivity index (χ0n) is 21.1.